The SMILES string of the molecule is N#CCCCOc1ccc(C(=O)Oc2ccc(C=CC(=O)OCC(COC(=O)C=Cc3ccc(OC(=O)c4ccc(OCCCC#N)c(F)c4)cc3)c3ccc(N)cc3N)cc2)cc1F. The highest BCUT2D eigenvalue weighted by atomic mass is 19.1. The van der Waals surface area contributed by atoms with Gasteiger partial charge in [-0.2, -0.15) is 10.5 Å². The number of carbonyl (C=O) groups excluding carboxylic acids is 4. The molecule has 0 spiro atoms. The zero-order valence-corrected chi connectivity index (χ0v) is 34.7. The number of ether oxygens (including phenoxy) is 6. The van der Waals surface area contributed by atoms with E-state index < -0.39 is 41.4 Å². The molecule has 0 radical (unpaired) electrons. The number of esters is 4. The molecule has 0 saturated heterocycles. The normalized spacial score (nSPS) is 11.3. The fraction of sp³-hybridized carbons (Fsp3) is 0.184. The number of benzene rings is 5. The molecule has 0 aliphatic heterocycles. The summed E-state index contributed by atoms with van der Waals surface area (Å²) in [5, 5.41) is 17.2. The number of nitrogens with zero attached hydrogens (tertiary/aromatic N) is 2. The highest BCUT2D eigenvalue weighted by molar-refractivity contribution is 5.92. The second kappa shape index (κ2) is 24.2. The van der Waals surface area contributed by atoms with Gasteiger partial charge in [-0.25, -0.2) is 28.0 Å². The second-order valence-electron chi connectivity index (χ2n) is 13.9. The van der Waals surface area contributed by atoms with Crippen LogP contribution in [-0.4, -0.2) is 50.3 Å². The molecule has 0 atom stereocenters. The number of nitrogen functional groups attached to an aromatic ring is 2. The molecule has 332 valence electrons. The Labute approximate surface area is 372 Å². The highest BCUT2D eigenvalue weighted by Crippen LogP contribution is 2.27. The van der Waals surface area contributed by atoms with Gasteiger partial charge in [-0.1, -0.05) is 30.3 Å². The van der Waals surface area contributed by atoms with Crippen LogP contribution < -0.4 is 30.4 Å². The van der Waals surface area contributed by atoms with Crippen LogP contribution in [-0.2, 0) is 19.1 Å². The molecule has 65 heavy (non-hydrogen) atoms. The molecule has 5 aromatic rings. The fourth-order valence-corrected chi connectivity index (χ4v) is 5.77. The third-order valence-corrected chi connectivity index (χ3v) is 9.13. The summed E-state index contributed by atoms with van der Waals surface area (Å²) in [7, 11) is 0. The largest absolute Gasteiger partial charge is 0.490 e. The van der Waals surface area contributed by atoms with Gasteiger partial charge >= 0.3 is 23.9 Å². The number of nitrogens with two attached hydrogens (primary N) is 2. The lowest BCUT2D eigenvalue weighted by molar-refractivity contribution is -0.141. The van der Waals surface area contributed by atoms with Crippen LogP contribution in [0.25, 0.3) is 12.2 Å². The van der Waals surface area contributed by atoms with Crippen molar-refractivity contribution in [3.8, 4) is 35.1 Å². The Hall–Kier alpha value is -8.50. The molecular weight excluding hydrogens is 843 g/mol. The van der Waals surface area contributed by atoms with Crippen LogP contribution in [0.2, 0.25) is 0 Å². The Morgan fingerprint density at radius 3 is 1.45 bits per heavy atom. The summed E-state index contributed by atoms with van der Waals surface area (Å²) in [6, 6.07) is 28.4. The van der Waals surface area contributed by atoms with Crippen molar-refractivity contribution < 1.29 is 56.4 Å². The summed E-state index contributed by atoms with van der Waals surface area (Å²) >= 11 is 0. The van der Waals surface area contributed by atoms with Crippen molar-refractivity contribution in [1.82, 2.24) is 0 Å². The molecular formula is C49H42F2N4O10. The Balaban J connectivity index is 1.10. The Kier molecular flexibility index (Phi) is 17.7. The van der Waals surface area contributed by atoms with Crippen LogP contribution in [0, 0.1) is 34.3 Å². The van der Waals surface area contributed by atoms with E-state index >= 15 is 0 Å². The minimum atomic E-state index is -0.797. The van der Waals surface area contributed by atoms with E-state index in [4.69, 9.17) is 50.4 Å². The van der Waals surface area contributed by atoms with Crippen molar-refractivity contribution in [2.45, 2.75) is 31.6 Å². The Bertz CT molecular complexity index is 2470. The first-order valence-corrected chi connectivity index (χ1v) is 20.0. The van der Waals surface area contributed by atoms with E-state index in [1.54, 1.807) is 36.4 Å². The average Bonchev–Trinajstić information content (AvgIpc) is 3.29. The van der Waals surface area contributed by atoms with Crippen LogP contribution in [0.1, 0.15) is 69.0 Å². The monoisotopic (exact) mass is 884 g/mol. The van der Waals surface area contributed by atoms with Gasteiger partial charge in [0.1, 0.15) is 24.7 Å². The molecule has 0 heterocycles. The van der Waals surface area contributed by atoms with Crippen molar-refractivity contribution in [2.24, 2.45) is 0 Å². The topological polar surface area (TPSA) is 223 Å². The third kappa shape index (κ3) is 15.1. The van der Waals surface area contributed by atoms with Gasteiger partial charge in [0.25, 0.3) is 0 Å². The minimum Gasteiger partial charge on any atom is -0.490 e. The van der Waals surface area contributed by atoms with Crippen molar-refractivity contribution in [1.29, 1.82) is 10.5 Å². The molecule has 0 unspecified atom stereocenters. The van der Waals surface area contributed by atoms with E-state index in [-0.39, 0.29) is 73.4 Å². The number of halogens is 2. The van der Waals surface area contributed by atoms with Crippen molar-refractivity contribution >= 4 is 47.4 Å². The molecule has 0 aromatic heterocycles. The molecule has 0 saturated carbocycles. The molecule has 0 amide bonds. The molecule has 14 nitrogen and oxygen atoms in total. The maximum Gasteiger partial charge on any atom is 0.343 e. The van der Waals surface area contributed by atoms with Gasteiger partial charge in [0.2, 0.25) is 0 Å². The summed E-state index contributed by atoms with van der Waals surface area (Å²) in [5.74, 6) is -4.93. The summed E-state index contributed by atoms with van der Waals surface area (Å²) in [4.78, 5) is 50.8. The number of hydrogen-bond donors (Lipinski definition) is 2. The number of carbonyl (C=O) groups is 4. The van der Waals surface area contributed by atoms with Gasteiger partial charge in [0, 0.05) is 36.4 Å². The number of hydrogen-bond acceptors (Lipinski definition) is 14. The van der Waals surface area contributed by atoms with Crippen LogP contribution in [0.3, 0.4) is 0 Å². The molecule has 4 N–H and O–H groups in total. The zero-order valence-electron chi connectivity index (χ0n) is 34.7. The van der Waals surface area contributed by atoms with Gasteiger partial charge < -0.3 is 39.9 Å². The molecule has 16 heteroatoms. The van der Waals surface area contributed by atoms with E-state index in [1.165, 1.54) is 78.9 Å². The number of nitriles is 2. The quantitative estimate of drug-likeness (QED) is 0.0232. The number of anilines is 2. The van der Waals surface area contributed by atoms with Crippen molar-refractivity contribution in [2.75, 3.05) is 37.9 Å². The van der Waals surface area contributed by atoms with E-state index in [1.807, 2.05) is 12.1 Å². The smallest absolute Gasteiger partial charge is 0.343 e. The van der Waals surface area contributed by atoms with Crippen LogP contribution in [0.5, 0.6) is 23.0 Å². The van der Waals surface area contributed by atoms with Gasteiger partial charge in [-0.3, -0.25) is 0 Å². The van der Waals surface area contributed by atoms with Crippen molar-refractivity contribution in [3.05, 3.63) is 155 Å². The number of rotatable bonds is 21. The lowest BCUT2D eigenvalue weighted by Crippen LogP contribution is -2.19. The number of unbranched alkanes of at least 4 members (excludes halogenated alkanes) is 2. The van der Waals surface area contributed by atoms with E-state index in [9.17, 15) is 28.0 Å². The lowest BCUT2D eigenvalue weighted by atomic mass is 9.98. The Morgan fingerprint density at radius 2 is 1.05 bits per heavy atom. The van der Waals surface area contributed by atoms with Crippen molar-refractivity contribution in [3.63, 3.8) is 0 Å². The summed E-state index contributed by atoms with van der Waals surface area (Å²) < 4.78 is 61.2. The van der Waals surface area contributed by atoms with Gasteiger partial charge in [-0.15, -0.1) is 0 Å². The van der Waals surface area contributed by atoms with Crippen LogP contribution in [0.15, 0.2) is 115 Å². The van der Waals surface area contributed by atoms with E-state index in [0.29, 0.717) is 40.9 Å². The highest BCUT2D eigenvalue weighted by Gasteiger charge is 2.20. The van der Waals surface area contributed by atoms with Gasteiger partial charge in [0.05, 0.1) is 42.4 Å². The van der Waals surface area contributed by atoms with E-state index in [0.717, 1.165) is 12.1 Å². The molecule has 5 aromatic carbocycles. The molecule has 0 bridgehead atoms. The summed E-state index contributed by atoms with van der Waals surface area (Å²) in [5.41, 5.74) is 14.4. The first-order chi connectivity index (χ1) is 31.4. The minimum absolute atomic E-state index is 0.0353. The molecule has 5 rings (SSSR count). The van der Waals surface area contributed by atoms with E-state index in [2.05, 4.69) is 0 Å². The molecule has 0 aliphatic carbocycles. The summed E-state index contributed by atoms with van der Waals surface area (Å²) in [6.45, 7) is -0.120. The average molecular weight is 885 g/mol. The second-order valence-corrected chi connectivity index (χ2v) is 13.9. The van der Waals surface area contributed by atoms with Crippen LogP contribution in [0.4, 0.5) is 20.2 Å². The van der Waals surface area contributed by atoms with Gasteiger partial charge in [-0.05, 0) is 114 Å². The standard InChI is InChI=1S/C49H42F2N4O10/c50-41-27-34(11-19-44(41)60-25-3-1-23-52)48(58)64-38-14-5-32(6-15-38)9-21-46(56)62-30-36(40-18-13-37(54)29-43(40)55)31-63-47(57)22-10-33-7-16-39(17-8-33)65-49(59)35-12-20-45(42(51)28-35)61-26-4-2-24-53/h5-22,27-29,36H,1-4,25-26,30-31,54-55H2. The predicted octanol–water partition coefficient (Wildman–Crippen LogP) is 8.53. The Morgan fingerprint density at radius 1 is 0.600 bits per heavy atom. The van der Waals surface area contributed by atoms with Crippen LogP contribution >= 0.6 is 0 Å². The molecule has 0 fully saturated rings. The maximum atomic E-state index is 14.4. The molecule has 0 aliphatic rings. The van der Waals surface area contributed by atoms with Gasteiger partial charge in [0.15, 0.2) is 23.1 Å². The third-order valence-electron chi connectivity index (χ3n) is 9.13. The summed E-state index contributed by atoms with van der Waals surface area (Å²) in [6.07, 6.45) is 6.75. The maximum absolute atomic E-state index is 14.4. The lowest BCUT2D eigenvalue weighted by Gasteiger charge is -2.19. The zero-order chi connectivity index (χ0) is 46.6. The fourth-order valence-electron chi connectivity index (χ4n) is 5.77. The first kappa shape index (κ1) is 47.5. The predicted molar refractivity (Wildman–Crippen MR) is 234 cm³/mol. The first-order valence-electron chi connectivity index (χ1n) is 20.0.